The Kier molecular flexibility index (Phi) is 5.56. The van der Waals surface area contributed by atoms with E-state index in [1.807, 2.05) is 31.2 Å². The fraction of sp³-hybridized carbons (Fsp3) is 0.450. The minimum absolute atomic E-state index is 0.521. The van der Waals surface area contributed by atoms with Gasteiger partial charge in [0.15, 0.2) is 0 Å². The van der Waals surface area contributed by atoms with Crippen molar-refractivity contribution in [3.63, 3.8) is 0 Å². The van der Waals surface area contributed by atoms with Gasteiger partial charge in [0.25, 0.3) is 0 Å². The van der Waals surface area contributed by atoms with Crippen LogP contribution in [-0.4, -0.2) is 60.8 Å². The SMILES string of the molecule is CC1(NCCN2CCN(c3ccccc3)CC2)C=CC=CC1C(=O)O. The summed E-state index contributed by atoms with van der Waals surface area (Å²) in [5.74, 6) is -1.31. The second-order valence-electron chi connectivity index (χ2n) is 6.93. The van der Waals surface area contributed by atoms with Gasteiger partial charge in [-0.2, -0.15) is 0 Å². The maximum Gasteiger partial charge on any atom is 0.312 e. The molecule has 1 fully saturated rings. The van der Waals surface area contributed by atoms with E-state index in [-0.39, 0.29) is 0 Å². The van der Waals surface area contributed by atoms with Gasteiger partial charge < -0.3 is 15.3 Å². The molecule has 1 aliphatic heterocycles. The van der Waals surface area contributed by atoms with E-state index >= 15 is 0 Å². The molecule has 5 nitrogen and oxygen atoms in total. The van der Waals surface area contributed by atoms with Gasteiger partial charge in [-0.15, -0.1) is 0 Å². The van der Waals surface area contributed by atoms with Crippen molar-refractivity contribution in [3.05, 3.63) is 54.6 Å². The molecule has 1 saturated heterocycles. The average molecular weight is 341 g/mol. The highest BCUT2D eigenvalue weighted by Crippen LogP contribution is 2.24. The zero-order valence-electron chi connectivity index (χ0n) is 14.8. The number of benzene rings is 1. The van der Waals surface area contributed by atoms with E-state index < -0.39 is 17.4 Å². The topological polar surface area (TPSA) is 55.8 Å². The zero-order chi connectivity index (χ0) is 17.7. The standard InChI is InChI=1S/C20H27N3O2/c1-20(10-6-5-9-18(20)19(24)25)21-11-12-22-13-15-23(16-14-22)17-7-3-2-4-8-17/h2-10,18,21H,11-16H2,1H3,(H,24,25). The summed E-state index contributed by atoms with van der Waals surface area (Å²) in [6.45, 7) is 7.80. The normalized spacial score (nSPS) is 26.8. The predicted molar refractivity (Wildman–Crippen MR) is 101 cm³/mol. The van der Waals surface area contributed by atoms with Crippen LogP contribution < -0.4 is 10.2 Å². The van der Waals surface area contributed by atoms with E-state index in [0.29, 0.717) is 0 Å². The van der Waals surface area contributed by atoms with Crippen LogP contribution in [0.4, 0.5) is 5.69 Å². The fourth-order valence-electron chi connectivity index (χ4n) is 3.59. The molecule has 1 heterocycles. The number of carbonyl (C=O) groups is 1. The Morgan fingerprint density at radius 3 is 2.60 bits per heavy atom. The average Bonchev–Trinajstić information content (AvgIpc) is 2.63. The third kappa shape index (κ3) is 4.30. The van der Waals surface area contributed by atoms with E-state index in [4.69, 9.17) is 0 Å². The molecule has 25 heavy (non-hydrogen) atoms. The number of para-hydroxylation sites is 1. The van der Waals surface area contributed by atoms with E-state index in [9.17, 15) is 9.90 Å². The second-order valence-corrected chi connectivity index (χ2v) is 6.93. The van der Waals surface area contributed by atoms with Crippen LogP contribution in [0.15, 0.2) is 54.6 Å². The molecule has 1 aromatic rings. The molecule has 0 spiro atoms. The van der Waals surface area contributed by atoms with Crippen molar-refractivity contribution in [2.24, 2.45) is 5.92 Å². The minimum Gasteiger partial charge on any atom is -0.481 e. The van der Waals surface area contributed by atoms with Crippen LogP contribution in [0, 0.1) is 5.92 Å². The summed E-state index contributed by atoms with van der Waals surface area (Å²) in [5, 5.41) is 12.9. The van der Waals surface area contributed by atoms with Crippen LogP contribution in [0.1, 0.15) is 6.92 Å². The molecule has 1 aromatic carbocycles. The molecular formula is C20H27N3O2. The molecule has 3 rings (SSSR count). The highest BCUT2D eigenvalue weighted by atomic mass is 16.4. The summed E-state index contributed by atoms with van der Waals surface area (Å²) < 4.78 is 0. The summed E-state index contributed by atoms with van der Waals surface area (Å²) in [5.41, 5.74) is 0.767. The van der Waals surface area contributed by atoms with E-state index in [0.717, 1.165) is 39.3 Å². The first-order valence-corrected chi connectivity index (χ1v) is 8.95. The molecule has 1 aliphatic carbocycles. The number of carboxylic acid groups (broad SMARTS) is 1. The van der Waals surface area contributed by atoms with Crippen molar-refractivity contribution in [1.29, 1.82) is 0 Å². The van der Waals surface area contributed by atoms with Gasteiger partial charge in [-0.25, -0.2) is 0 Å². The third-order valence-electron chi connectivity index (χ3n) is 5.20. The Hall–Kier alpha value is -2.11. The predicted octanol–water partition coefficient (Wildman–Crippen LogP) is 1.98. The number of carboxylic acids is 1. The number of piperazine rings is 1. The lowest BCUT2D eigenvalue weighted by molar-refractivity contribution is -0.141. The van der Waals surface area contributed by atoms with Gasteiger partial charge in [0.2, 0.25) is 0 Å². The van der Waals surface area contributed by atoms with E-state index in [1.54, 1.807) is 6.08 Å². The molecule has 5 heteroatoms. The van der Waals surface area contributed by atoms with Gasteiger partial charge in [-0.05, 0) is 19.1 Å². The Labute approximate surface area is 149 Å². The third-order valence-corrected chi connectivity index (χ3v) is 5.20. The maximum atomic E-state index is 11.5. The molecule has 0 amide bonds. The monoisotopic (exact) mass is 341 g/mol. The molecule has 2 atom stereocenters. The number of aliphatic carboxylic acids is 1. The van der Waals surface area contributed by atoms with Crippen LogP contribution in [0.5, 0.6) is 0 Å². The van der Waals surface area contributed by atoms with Crippen LogP contribution >= 0.6 is 0 Å². The summed E-state index contributed by atoms with van der Waals surface area (Å²) in [6.07, 6.45) is 7.45. The first-order valence-electron chi connectivity index (χ1n) is 8.95. The lowest BCUT2D eigenvalue weighted by Gasteiger charge is -2.38. The first kappa shape index (κ1) is 17.7. The molecule has 0 saturated carbocycles. The Balaban J connectivity index is 1.45. The van der Waals surface area contributed by atoms with Crippen molar-refractivity contribution < 1.29 is 9.90 Å². The van der Waals surface area contributed by atoms with Gasteiger partial charge in [0.1, 0.15) is 0 Å². The number of nitrogens with one attached hydrogen (secondary N) is 1. The van der Waals surface area contributed by atoms with E-state index in [1.165, 1.54) is 5.69 Å². The first-order chi connectivity index (χ1) is 12.1. The Bertz CT molecular complexity index is 636. The number of nitrogens with zero attached hydrogens (tertiary/aromatic N) is 2. The quantitative estimate of drug-likeness (QED) is 0.829. The number of anilines is 1. The van der Waals surface area contributed by atoms with Crippen molar-refractivity contribution >= 4 is 11.7 Å². The summed E-state index contributed by atoms with van der Waals surface area (Å²) >= 11 is 0. The second kappa shape index (κ2) is 7.85. The molecule has 134 valence electrons. The molecular weight excluding hydrogens is 314 g/mol. The number of rotatable bonds is 6. The van der Waals surface area contributed by atoms with Crippen LogP contribution in [-0.2, 0) is 4.79 Å². The highest BCUT2D eigenvalue weighted by molar-refractivity contribution is 5.75. The summed E-state index contributed by atoms with van der Waals surface area (Å²) in [6, 6.07) is 10.5. The van der Waals surface area contributed by atoms with Crippen LogP contribution in [0.2, 0.25) is 0 Å². The molecule has 2 N–H and O–H groups in total. The molecule has 2 aliphatic rings. The zero-order valence-corrected chi connectivity index (χ0v) is 14.8. The molecule has 2 unspecified atom stereocenters. The summed E-state index contributed by atoms with van der Waals surface area (Å²) in [7, 11) is 0. The molecule has 0 bridgehead atoms. The minimum atomic E-state index is -0.785. The number of hydrogen-bond donors (Lipinski definition) is 2. The van der Waals surface area contributed by atoms with E-state index in [2.05, 4.69) is 39.4 Å². The Morgan fingerprint density at radius 1 is 1.20 bits per heavy atom. The van der Waals surface area contributed by atoms with Gasteiger partial charge in [-0.1, -0.05) is 42.5 Å². The van der Waals surface area contributed by atoms with Crippen molar-refractivity contribution in [1.82, 2.24) is 10.2 Å². The van der Waals surface area contributed by atoms with Crippen molar-refractivity contribution in [2.45, 2.75) is 12.5 Å². The van der Waals surface area contributed by atoms with Gasteiger partial charge >= 0.3 is 5.97 Å². The fourth-order valence-corrected chi connectivity index (χ4v) is 3.59. The van der Waals surface area contributed by atoms with Gasteiger partial charge in [-0.3, -0.25) is 9.69 Å². The largest absolute Gasteiger partial charge is 0.481 e. The highest BCUT2D eigenvalue weighted by Gasteiger charge is 2.36. The number of allylic oxidation sites excluding steroid dienone is 2. The van der Waals surface area contributed by atoms with Crippen LogP contribution in [0.3, 0.4) is 0 Å². The summed E-state index contributed by atoms with van der Waals surface area (Å²) in [4.78, 5) is 16.3. The molecule has 0 aromatic heterocycles. The number of hydrogen-bond acceptors (Lipinski definition) is 4. The van der Waals surface area contributed by atoms with Crippen molar-refractivity contribution in [2.75, 3.05) is 44.2 Å². The lowest BCUT2D eigenvalue weighted by atomic mass is 9.82. The maximum absolute atomic E-state index is 11.5. The van der Waals surface area contributed by atoms with Crippen LogP contribution in [0.25, 0.3) is 0 Å². The van der Waals surface area contributed by atoms with Crippen molar-refractivity contribution in [3.8, 4) is 0 Å². The Morgan fingerprint density at radius 2 is 1.92 bits per heavy atom. The smallest absolute Gasteiger partial charge is 0.312 e. The van der Waals surface area contributed by atoms with Gasteiger partial charge in [0.05, 0.1) is 11.5 Å². The molecule has 0 radical (unpaired) electrons. The van der Waals surface area contributed by atoms with Gasteiger partial charge in [0, 0.05) is 45.0 Å². The lowest BCUT2D eigenvalue weighted by Crippen LogP contribution is -2.54.